The van der Waals surface area contributed by atoms with Crippen LogP contribution in [0, 0.1) is 5.89 Å². The lowest BCUT2D eigenvalue weighted by Gasteiger charge is -2.25. The first kappa shape index (κ1) is 7.43. The Morgan fingerprint density at radius 1 is 1.35 bits per heavy atom. The molecule has 116 valence electrons. The minimum absolute atomic E-state index is 0.803. The molecule has 1 atom stereocenters. The van der Waals surface area contributed by atoms with Crippen LogP contribution in [-0.4, -0.2) is 36.6 Å². The number of ketones is 1. The van der Waals surface area contributed by atoms with Crippen molar-refractivity contribution in [3.63, 3.8) is 0 Å². The van der Waals surface area contributed by atoms with E-state index in [1.807, 2.05) is 0 Å². The van der Waals surface area contributed by atoms with Crippen LogP contribution in [-0.2, 0) is 19.1 Å². The number of rotatable bonds is 6. The summed E-state index contributed by atoms with van der Waals surface area (Å²) in [7, 11) is 0.803. The first-order valence-electron chi connectivity index (χ1n) is 10.6. The highest BCUT2D eigenvalue weighted by atomic mass is 16.6. The summed E-state index contributed by atoms with van der Waals surface area (Å²) in [6.45, 7) is -3.50. The van der Waals surface area contributed by atoms with Gasteiger partial charge in [-0.25, -0.2) is 4.79 Å². The Balaban J connectivity index is 6.64. The van der Waals surface area contributed by atoms with E-state index < -0.39 is 61.9 Å². The first-order valence-corrected chi connectivity index (χ1v) is 5.59. The van der Waals surface area contributed by atoms with E-state index in [4.69, 9.17) is 18.4 Å². The Bertz CT molecular complexity index is 668. The number of hydrogen-bond donors (Lipinski definition) is 1. The van der Waals surface area contributed by atoms with Gasteiger partial charge in [-0.1, -0.05) is 13.7 Å². The van der Waals surface area contributed by atoms with Crippen LogP contribution in [0.25, 0.3) is 0 Å². The number of carbonyl (C=O) groups is 3. The fourth-order valence-electron chi connectivity index (χ4n) is 0.990. The highest BCUT2D eigenvalue weighted by Crippen LogP contribution is 2.11. The van der Waals surface area contributed by atoms with Crippen LogP contribution in [0.5, 0.6) is 0 Å². The maximum absolute atomic E-state index is 12.8. The van der Waals surface area contributed by atoms with Crippen molar-refractivity contribution >= 4 is 17.8 Å². The van der Waals surface area contributed by atoms with Gasteiger partial charge in [0, 0.05) is 18.8 Å². The van der Waals surface area contributed by atoms with Gasteiger partial charge >= 0.3 is 12.1 Å². The van der Waals surface area contributed by atoms with Crippen molar-refractivity contribution < 1.29 is 37.6 Å². The fourth-order valence-corrected chi connectivity index (χ4v) is 0.990. The maximum Gasteiger partial charge on any atom is 0.408 e. The van der Waals surface area contributed by atoms with Gasteiger partial charge in [0.2, 0.25) is 0 Å². The smallest absolute Gasteiger partial charge is 0.408 e. The number of nitrogens with one attached hydrogen (secondary N) is 1. The molecule has 0 aromatic heterocycles. The number of carbonyl (C=O) groups excluding carboxylic acids is 3. The van der Waals surface area contributed by atoms with E-state index in [1.165, 1.54) is 26.1 Å². The zero-order chi connectivity index (χ0) is 24.6. The van der Waals surface area contributed by atoms with Gasteiger partial charge in [-0.05, 0) is 26.7 Å². The number of ether oxygens (including phenoxy) is 2. The minimum atomic E-state index is -3.95. The molecule has 0 aliphatic rings. The summed E-state index contributed by atoms with van der Waals surface area (Å²) in [4.78, 5) is 36.6. The summed E-state index contributed by atoms with van der Waals surface area (Å²) in [5.74, 6) is -7.37. The standard InChI is InChI=1S/C14H25NO5/c1-9(2)12(10(16)7-8-11(17)19-6)15-13(18)20-14(3,4)5/h9,12H,7-8H2,1-6H3,(H,15,18)/t12-/m0/s1/i1D3,2D3,8D2,9D,12D. The number of esters is 1. The van der Waals surface area contributed by atoms with Gasteiger partial charge in [0.1, 0.15) is 5.60 Å². The molecule has 0 radical (unpaired) electrons. The predicted octanol–water partition coefficient (Wildman–Crippen LogP) is 2.06. The van der Waals surface area contributed by atoms with Gasteiger partial charge in [-0.15, -0.1) is 0 Å². The van der Waals surface area contributed by atoms with Gasteiger partial charge in [-0.3, -0.25) is 9.59 Å². The normalized spacial score (nSPS) is 24.2. The number of Topliss-reactive ketones (excluding diaryl/α,β-unsaturated/α-hetero) is 1. The third-order valence-electron chi connectivity index (χ3n) is 1.73. The molecule has 0 fully saturated rings. The highest BCUT2D eigenvalue weighted by Gasteiger charge is 2.26. The summed E-state index contributed by atoms with van der Waals surface area (Å²) in [5.41, 5.74) is -1.21. The minimum Gasteiger partial charge on any atom is -0.469 e. The number of methoxy groups -OCH3 is 1. The summed E-state index contributed by atoms with van der Waals surface area (Å²) in [6.07, 6.45) is -6.24. The monoisotopic (exact) mass is 297 g/mol. The number of amides is 1. The van der Waals surface area contributed by atoms with Gasteiger partial charge in [0.15, 0.2) is 5.78 Å². The summed E-state index contributed by atoms with van der Waals surface area (Å²) < 4.78 is 85.7. The van der Waals surface area contributed by atoms with E-state index in [0.717, 1.165) is 7.11 Å². The van der Waals surface area contributed by atoms with Crippen molar-refractivity contribution in [3.05, 3.63) is 0 Å². The van der Waals surface area contributed by atoms with Crippen molar-refractivity contribution in [1.29, 1.82) is 0 Å². The zero-order valence-corrected chi connectivity index (χ0v) is 11.7. The molecule has 1 N–H and O–H groups in total. The van der Waals surface area contributed by atoms with Crippen molar-refractivity contribution in [2.24, 2.45) is 5.89 Å². The second-order valence-corrected chi connectivity index (χ2v) is 4.65. The molecule has 6 nitrogen and oxygen atoms in total. The first-order chi connectivity index (χ1) is 13.0. The second kappa shape index (κ2) is 7.87. The lowest BCUT2D eigenvalue weighted by molar-refractivity contribution is -0.142. The SMILES string of the molecule is [2H]C([2H])(CC(=O)[C@@]([2H])(NC(=O)OC(C)(C)C)C([2H])(C([2H])([2H])[2H])C([2H])([2H])[2H])C(=O)OC. The second-order valence-electron chi connectivity index (χ2n) is 4.65. The molecular formula is C14H25NO5. The van der Waals surface area contributed by atoms with Crippen molar-refractivity contribution in [2.75, 3.05) is 7.11 Å². The summed E-state index contributed by atoms with van der Waals surface area (Å²) in [6, 6.07) is -3.76. The third-order valence-corrected chi connectivity index (χ3v) is 1.73. The number of hydrogen-bond acceptors (Lipinski definition) is 5. The van der Waals surface area contributed by atoms with E-state index >= 15 is 0 Å². The van der Waals surface area contributed by atoms with Crippen LogP contribution < -0.4 is 5.32 Å². The molecule has 0 aromatic carbocycles. The third kappa shape index (κ3) is 7.76. The number of alkyl carbamates (subject to hydrolysis) is 1. The molecule has 0 aromatic rings. The maximum atomic E-state index is 12.8. The molecule has 0 aliphatic heterocycles. The van der Waals surface area contributed by atoms with E-state index in [9.17, 15) is 14.4 Å². The molecule has 0 unspecified atom stereocenters. The van der Waals surface area contributed by atoms with Gasteiger partial charge in [-0.2, -0.15) is 0 Å². The van der Waals surface area contributed by atoms with Crippen LogP contribution in [0.3, 0.4) is 0 Å². The van der Waals surface area contributed by atoms with Crippen LogP contribution in [0.1, 0.15) is 61.0 Å². The van der Waals surface area contributed by atoms with E-state index in [1.54, 1.807) is 0 Å². The van der Waals surface area contributed by atoms with Crippen molar-refractivity contribution in [2.45, 2.75) is 58.9 Å². The average molecular weight is 297 g/mol. The molecule has 0 bridgehead atoms. The fraction of sp³-hybridized carbons (Fsp3) is 0.786. The average Bonchev–Trinajstić information content (AvgIpc) is 2.48. The summed E-state index contributed by atoms with van der Waals surface area (Å²) >= 11 is 0. The molecule has 0 saturated heterocycles. The van der Waals surface area contributed by atoms with E-state index in [2.05, 4.69) is 4.74 Å². The molecule has 0 rings (SSSR count). The summed E-state index contributed by atoms with van der Waals surface area (Å²) in [5, 5.41) is 1.51. The van der Waals surface area contributed by atoms with Crippen molar-refractivity contribution in [1.82, 2.24) is 5.32 Å². The van der Waals surface area contributed by atoms with Crippen LogP contribution >= 0.6 is 0 Å². The largest absolute Gasteiger partial charge is 0.469 e. The molecule has 0 spiro atoms. The predicted molar refractivity (Wildman–Crippen MR) is 74.3 cm³/mol. The molecule has 20 heavy (non-hydrogen) atoms. The molecular weight excluding hydrogens is 262 g/mol. The zero-order valence-electron chi connectivity index (χ0n) is 21.7. The van der Waals surface area contributed by atoms with E-state index in [-0.39, 0.29) is 0 Å². The Labute approximate surface area is 134 Å². The Kier molecular flexibility index (Phi) is 2.92. The van der Waals surface area contributed by atoms with Gasteiger partial charge in [0.05, 0.1) is 20.9 Å². The van der Waals surface area contributed by atoms with Gasteiger partial charge in [0.25, 0.3) is 0 Å². The van der Waals surface area contributed by atoms with Crippen LogP contribution in [0.15, 0.2) is 0 Å². The Morgan fingerprint density at radius 2 is 1.95 bits per heavy atom. The molecule has 0 heterocycles. The molecule has 0 saturated carbocycles. The Hall–Kier alpha value is -1.59. The Morgan fingerprint density at radius 3 is 2.40 bits per heavy atom. The van der Waals surface area contributed by atoms with Gasteiger partial charge < -0.3 is 14.8 Å². The molecule has 0 aliphatic carbocycles. The van der Waals surface area contributed by atoms with Crippen molar-refractivity contribution in [3.8, 4) is 0 Å². The van der Waals surface area contributed by atoms with Crippen LogP contribution in [0.4, 0.5) is 4.79 Å². The van der Waals surface area contributed by atoms with Crippen LogP contribution in [0.2, 0.25) is 0 Å². The molecule has 1 amide bonds. The topological polar surface area (TPSA) is 81.7 Å². The van der Waals surface area contributed by atoms with E-state index in [0.29, 0.717) is 0 Å². The quantitative estimate of drug-likeness (QED) is 0.759. The lowest BCUT2D eigenvalue weighted by Crippen LogP contribution is -2.46. The molecule has 6 heteroatoms. The highest BCUT2D eigenvalue weighted by molar-refractivity contribution is 5.89. The lowest BCUT2D eigenvalue weighted by atomic mass is 9.97.